The number of nitrogens with one attached hydrogen (secondary N) is 1. The quantitative estimate of drug-likeness (QED) is 0.661. The van der Waals surface area contributed by atoms with Gasteiger partial charge in [-0.05, 0) is 37.8 Å². The van der Waals surface area contributed by atoms with Crippen LogP contribution >= 0.6 is 0 Å². The maximum absolute atomic E-state index is 8.86. The first kappa shape index (κ1) is 13.2. The Hall–Kier alpha value is -0.860. The zero-order valence-corrected chi connectivity index (χ0v) is 10.2. The van der Waals surface area contributed by atoms with E-state index in [4.69, 9.17) is 5.11 Å². The second-order valence-corrected chi connectivity index (χ2v) is 4.16. The smallest absolute Gasteiger partial charge is 0.0445 e. The van der Waals surface area contributed by atoms with Crippen LogP contribution in [0.5, 0.6) is 0 Å². The Labute approximate surface area is 98.7 Å². The van der Waals surface area contributed by atoms with E-state index in [9.17, 15) is 0 Å². The monoisotopic (exact) mass is 221 g/mol. The summed E-state index contributed by atoms with van der Waals surface area (Å²) in [6, 6.07) is 11.0. The molecule has 1 aromatic rings. The summed E-state index contributed by atoms with van der Waals surface area (Å²) in [6.45, 7) is 3.47. The largest absolute Gasteiger partial charge is 0.396 e. The highest BCUT2D eigenvalue weighted by molar-refractivity contribution is 5.14. The van der Waals surface area contributed by atoms with Crippen molar-refractivity contribution in [2.75, 3.05) is 13.2 Å². The van der Waals surface area contributed by atoms with Crippen LogP contribution in [0.1, 0.15) is 31.7 Å². The minimum atomic E-state index is 0.282. The van der Waals surface area contributed by atoms with Crippen LogP contribution in [0.2, 0.25) is 0 Å². The predicted octanol–water partition coefficient (Wildman–Crippen LogP) is 2.37. The van der Waals surface area contributed by atoms with Crippen molar-refractivity contribution in [2.45, 2.75) is 38.6 Å². The van der Waals surface area contributed by atoms with Gasteiger partial charge in [0.25, 0.3) is 0 Å². The molecule has 0 fully saturated rings. The SMILES string of the molecule is CCC(CCO)NCCCc1ccccc1. The van der Waals surface area contributed by atoms with Gasteiger partial charge in [-0.15, -0.1) is 0 Å². The van der Waals surface area contributed by atoms with Gasteiger partial charge < -0.3 is 10.4 Å². The summed E-state index contributed by atoms with van der Waals surface area (Å²) in [4.78, 5) is 0. The lowest BCUT2D eigenvalue weighted by Gasteiger charge is -2.15. The molecular formula is C14H23NO. The normalized spacial score (nSPS) is 12.6. The van der Waals surface area contributed by atoms with E-state index in [-0.39, 0.29) is 6.61 Å². The molecule has 90 valence electrons. The van der Waals surface area contributed by atoms with Crippen molar-refractivity contribution in [3.8, 4) is 0 Å². The van der Waals surface area contributed by atoms with Crippen LogP contribution < -0.4 is 5.32 Å². The molecule has 1 atom stereocenters. The molecule has 0 bridgehead atoms. The lowest BCUT2D eigenvalue weighted by molar-refractivity contribution is 0.262. The number of benzene rings is 1. The minimum Gasteiger partial charge on any atom is -0.396 e. The zero-order chi connectivity index (χ0) is 11.6. The summed E-state index contributed by atoms with van der Waals surface area (Å²) in [5.41, 5.74) is 1.40. The van der Waals surface area contributed by atoms with Crippen LogP contribution in [0.3, 0.4) is 0 Å². The van der Waals surface area contributed by atoms with E-state index in [0.717, 1.165) is 32.2 Å². The topological polar surface area (TPSA) is 32.3 Å². The van der Waals surface area contributed by atoms with Crippen molar-refractivity contribution in [2.24, 2.45) is 0 Å². The van der Waals surface area contributed by atoms with Crippen LogP contribution in [0.25, 0.3) is 0 Å². The fourth-order valence-corrected chi connectivity index (χ4v) is 1.85. The highest BCUT2D eigenvalue weighted by Crippen LogP contribution is 2.02. The van der Waals surface area contributed by atoms with Gasteiger partial charge in [-0.3, -0.25) is 0 Å². The van der Waals surface area contributed by atoms with E-state index in [1.807, 2.05) is 0 Å². The number of aliphatic hydroxyl groups is 1. The van der Waals surface area contributed by atoms with Crippen LogP contribution in [0.15, 0.2) is 30.3 Å². The summed E-state index contributed by atoms with van der Waals surface area (Å²) in [5.74, 6) is 0. The van der Waals surface area contributed by atoms with Crippen LogP contribution in [0.4, 0.5) is 0 Å². The second-order valence-electron chi connectivity index (χ2n) is 4.16. The second kappa shape index (κ2) is 8.31. The van der Waals surface area contributed by atoms with E-state index in [1.54, 1.807) is 0 Å². The third-order valence-electron chi connectivity index (χ3n) is 2.89. The molecule has 0 aliphatic rings. The fraction of sp³-hybridized carbons (Fsp3) is 0.571. The highest BCUT2D eigenvalue weighted by atomic mass is 16.3. The summed E-state index contributed by atoms with van der Waals surface area (Å²) < 4.78 is 0. The molecular weight excluding hydrogens is 198 g/mol. The molecule has 0 heterocycles. The van der Waals surface area contributed by atoms with Crippen molar-refractivity contribution in [1.29, 1.82) is 0 Å². The average Bonchev–Trinajstić information content (AvgIpc) is 2.34. The summed E-state index contributed by atoms with van der Waals surface area (Å²) >= 11 is 0. The van der Waals surface area contributed by atoms with Crippen molar-refractivity contribution in [1.82, 2.24) is 5.32 Å². The predicted molar refractivity (Wildman–Crippen MR) is 68.5 cm³/mol. The van der Waals surface area contributed by atoms with Gasteiger partial charge in [-0.25, -0.2) is 0 Å². The molecule has 0 aliphatic carbocycles. The number of rotatable bonds is 8. The Balaban J connectivity index is 2.11. The molecule has 0 amide bonds. The van der Waals surface area contributed by atoms with Gasteiger partial charge in [0.15, 0.2) is 0 Å². The third kappa shape index (κ3) is 5.29. The van der Waals surface area contributed by atoms with Crippen LogP contribution in [-0.4, -0.2) is 24.3 Å². The molecule has 16 heavy (non-hydrogen) atoms. The molecule has 2 heteroatoms. The van der Waals surface area contributed by atoms with E-state index < -0.39 is 0 Å². The number of aliphatic hydroxyl groups excluding tert-OH is 1. The standard InChI is InChI=1S/C14H23NO/c1-2-14(10-12-16)15-11-6-9-13-7-4-3-5-8-13/h3-5,7-8,14-16H,2,6,9-12H2,1H3. The first-order chi connectivity index (χ1) is 7.86. The maximum atomic E-state index is 8.86. The van der Waals surface area contributed by atoms with E-state index >= 15 is 0 Å². The molecule has 0 saturated heterocycles. The molecule has 2 nitrogen and oxygen atoms in total. The molecule has 1 aromatic carbocycles. The van der Waals surface area contributed by atoms with Gasteiger partial charge in [-0.2, -0.15) is 0 Å². The van der Waals surface area contributed by atoms with E-state index in [2.05, 4.69) is 42.6 Å². The van der Waals surface area contributed by atoms with E-state index in [1.165, 1.54) is 5.56 Å². The number of hydrogen-bond donors (Lipinski definition) is 2. The molecule has 0 aromatic heterocycles. The van der Waals surface area contributed by atoms with Gasteiger partial charge in [0.1, 0.15) is 0 Å². The minimum absolute atomic E-state index is 0.282. The molecule has 0 radical (unpaired) electrons. The van der Waals surface area contributed by atoms with Crippen molar-refractivity contribution in [3.63, 3.8) is 0 Å². The Morgan fingerprint density at radius 3 is 2.62 bits per heavy atom. The first-order valence-electron chi connectivity index (χ1n) is 6.25. The molecule has 1 unspecified atom stereocenters. The summed E-state index contributed by atoms with van der Waals surface area (Å²) in [5, 5.41) is 12.3. The molecule has 0 saturated carbocycles. The Kier molecular flexibility index (Phi) is 6.86. The Morgan fingerprint density at radius 1 is 1.25 bits per heavy atom. The Morgan fingerprint density at radius 2 is 2.00 bits per heavy atom. The van der Waals surface area contributed by atoms with Crippen molar-refractivity contribution >= 4 is 0 Å². The third-order valence-corrected chi connectivity index (χ3v) is 2.89. The first-order valence-corrected chi connectivity index (χ1v) is 6.25. The highest BCUT2D eigenvalue weighted by Gasteiger charge is 2.03. The van der Waals surface area contributed by atoms with Gasteiger partial charge in [0.2, 0.25) is 0 Å². The molecule has 0 aliphatic heterocycles. The average molecular weight is 221 g/mol. The molecule has 1 rings (SSSR count). The Bertz CT molecular complexity index is 261. The lowest BCUT2D eigenvalue weighted by atomic mass is 10.1. The van der Waals surface area contributed by atoms with Gasteiger partial charge in [-0.1, -0.05) is 37.3 Å². The fourth-order valence-electron chi connectivity index (χ4n) is 1.85. The summed E-state index contributed by atoms with van der Waals surface area (Å²) in [7, 11) is 0. The lowest BCUT2D eigenvalue weighted by Crippen LogP contribution is -2.30. The van der Waals surface area contributed by atoms with Crippen LogP contribution in [-0.2, 0) is 6.42 Å². The van der Waals surface area contributed by atoms with E-state index in [0.29, 0.717) is 6.04 Å². The molecule has 2 N–H and O–H groups in total. The van der Waals surface area contributed by atoms with Crippen LogP contribution in [0, 0.1) is 0 Å². The zero-order valence-electron chi connectivity index (χ0n) is 10.2. The number of hydrogen-bond acceptors (Lipinski definition) is 2. The van der Waals surface area contributed by atoms with Crippen molar-refractivity contribution in [3.05, 3.63) is 35.9 Å². The van der Waals surface area contributed by atoms with Crippen molar-refractivity contribution < 1.29 is 5.11 Å². The van der Waals surface area contributed by atoms with Gasteiger partial charge in [0, 0.05) is 12.6 Å². The number of aryl methyl sites for hydroxylation is 1. The summed E-state index contributed by atoms with van der Waals surface area (Å²) in [6.07, 6.45) is 4.24. The maximum Gasteiger partial charge on any atom is 0.0445 e. The van der Waals surface area contributed by atoms with Gasteiger partial charge in [0.05, 0.1) is 0 Å². The molecule has 0 spiro atoms. The van der Waals surface area contributed by atoms with Gasteiger partial charge >= 0.3 is 0 Å².